The van der Waals surface area contributed by atoms with E-state index >= 15 is 0 Å². The summed E-state index contributed by atoms with van der Waals surface area (Å²) in [7, 11) is 0. The first kappa shape index (κ1) is 22.1. The summed E-state index contributed by atoms with van der Waals surface area (Å²) in [5, 5.41) is 0.828. The van der Waals surface area contributed by atoms with Crippen molar-refractivity contribution in [2.24, 2.45) is 4.40 Å². The van der Waals surface area contributed by atoms with Crippen molar-refractivity contribution in [3.8, 4) is 5.88 Å². The molecule has 0 N–H and O–H groups in total. The molecule has 0 amide bonds. The first-order valence-electron chi connectivity index (χ1n) is 10.8. The highest BCUT2D eigenvalue weighted by molar-refractivity contribution is 7.98. The average molecular weight is 443 g/mol. The largest absolute Gasteiger partial charge is 0.476 e. The molecule has 2 aliphatic heterocycles. The van der Waals surface area contributed by atoms with Crippen molar-refractivity contribution in [3.05, 3.63) is 47.5 Å². The minimum atomic E-state index is 0.607. The molecule has 2 fully saturated rings. The van der Waals surface area contributed by atoms with Crippen molar-refractivity contribution < 1.29 is 14.2 Å². The van der Waals surface area contributed by atoms with Gasteiger partial charge in [-0.25, -0.2) is 9.38 Å². The molecular formula is C23H30N4O3S. The van der Waals surface area contributed by atoms with Gasteiger partial charge in [0.1, 0.15) is 11.6 Å². The Morgan fingerprint density at radius 2 is 1.84 bits per heavy atom. The number of rotatable bonds is 8. The summed E-state index contributed by atoms with van der Waals surface area (Å²) in [4.78, 5) is 9.36. The fourth-order valence-corrected chi connectivity index (χ4v) is 4.18. The van der Waals surface area contributed by atoms with Gasteiger partial charge in [0.2, 0.25) is 5.88 Å². The van der Waals surface area contributed by atoms with Crippen molar-refractivity contribution in [1.29, 1.82) is 0 Å². The molecule has 8 heteroatoms. The smallest absolute Gasteiger partial charge is 0.216 e. The van der Waals surface area contributed by atoms with Gasteiger partial charge in [0.25, 0.3) is 0 Å². The predicted molar refractivity (Wildman–Crippen MR) is 125 cm³/mol. The topological polar surface area (TPSA) is 59.4 Å². The molecule has 2 saturated heterocycles. The summed E-state index contributed by atoms with van der Waals surface area (Å²) < 4.78 is 21.5. The number of hydrogen-bond acceptors (Lipinski definition) is 8. The highest BCUT2D eigenvalue weighted by atomic mass is 32.2. The van der Waals surface area contributed by atoms with Gasteiger partial charge in [-0.15, -0.1) is 0 Å². The van der Waals surface area contributed by atoms with E-state index in [9.17, 15) is 0 Å². The van der Waals surface area contributed by atoms with Crippen LogP contribution >= 0.6 is 11.9 Å². The van der Waals surface area contributed by atoms with Crippen molar-refractivity contribution in [1.82, 2.24) is 9.88 Å². The van der Waals surface area contributed by atoms with E-state index in [4.69, 9.17) is 14.2 Å². The number of benzene rings is 1. The quantitative estimate of drug-likeness (QED) is 0.460. The van der Waals surface area contributed by atoms with Crippen LogP contribution in [0.4, 0.5) is 5.69 Å². The lowest BCUT2D eigenvalue weighted by molar-refractivity contribution is 0.0319. The van der Waals surface area contributed by atoms with E-state index in [2.05, 4.69) is 50.4 Å². The van der Waals surface area contributed by atoms with Gasteiger partial charge in [-0.05, 0) is 18.6 Å². The van der Waals surface area contributed by atoms with Gasteiger partial charge in [0.15, 0.2) is 0 Å². The normalized spacial score (nSPS) is 17.9. The van der Waals surface area contributed by atoms with Gasteiger partial charge in [-0.1, -0.05) is 29.8 Å². The Hall–Kier alpha value is -2.13. The maximum absolute atomic E-state index is 6.04. The summed E-state index contributed by atoms with van der Waals surface area (Å²) in [6, 6.07) is 12.4. The highest BCUT2D eigenvalue weighted by Gasteiger charge is 2.15. The summed E-state index contributed by atoms with van der Waals surface area (Å²) in [5.41, 5.74) is 3.41. The van der Waals surface area contributed by atoms with Gasteiger partial charge in [-0.2, -0.15) is 0 Å². The van der Waals surface area contributed by atoms with Gasteiger partial charge < -0.3 is 19.1 Å². The monoisotopic (exact) mass is 442 g/mol. The highest BCUT2D eigenvalue weighted by Crippen LogP contribution is 2.28. The minimum Gasteiger partial charge on any atom is -0.476 e. The van der Waals surface area contributed by atoms with Gasteiger partial charge >= 0.3 is 0 Å². The van der Waals surface area contributed by atoms with E-state index < -0.39 is 0 Å². The molecular weight excluding hydrogens is 412 g/mol. The zero-order valence-electron chi connectivity index (χ0n) is 18.0. The third kappa shape index (κ3) is 6.93. The zero-order valence-corrected chi connectivity index (χ0v) is 18.9. The Balaban J connectivity index is 1.43. The van der Waals surface area contributed by atoms with Gasteiger partial charge in [-0.3, -0.25) is 4.90 Å². The Morgan fingerprint density at radius 3 is 2.61 bits per heavy atom. The van der Waals surface area contributed by atoms with Crippen LogP contribution in [-0.4, -0.2) is 81.9 Å². The molecule has 2 aliphatic rings. The number of anilines is 1. The average Bonchev–Trinajstić information content (AvgIpc) is 2.80. The molecule has 2 aromatic rings. The maximum atomic E-state index is 6.04. The third-order valence-electron chi connectivity index (χ3n) is 5.29. The van der Waals surface area contributed by atoms with Crippen LogP contribution in [0.15, 0.2) is 45.8 Å². The second kappa shape index (κ2) is 11.5. The number of hydrogen-bond donors (Lipinski definition) is 0. The minimum absolute atomic E-state index is 0.607. The Morgan fingerprint density at radius 1 is 1.06 bits per heavy atom. The van der Waals surface area contributed by atoms with Crippen molar-refractivity contribution >= 4 is 23.8 Å². The second-order valence-electron chi connectivity index (χ2n) is 7.64. The number of ether oxygens (including phenoxy) is 3. The van der Waals surface area contributed by atoms with E-state index in [-0.39, 0.29) is 0 Å². The van der Waals surface area contributed by atoms with Crippen molar-refractivity contribution in [2.45, 2.75) is 11.9 Å². The Labute approximate surface area is 188 Å². The van der Waals surface area contributed by atoms with Crippen LogP contribution in [0.2, 0.25) is 0 Å². The molecule has 31 heavy (non-hydrogen) atoms. The van der Waals surface area contributed by atoms with Gasteiger partial charge in [0, 0.05) is 62.6 Å². The zero-order chi connectivity index (χ0) is 21.3. The molecule has 4 rings (SSSR count). The molecule has 0 unspecified atom stereocenters. The maximum Gasteiger partial charge on any atom is 0.216 e. The van der Waals surface area contributed by atoms with E-state index in [1.54, 1.807) is 0 Å². The summed E-state index contributed by atoms with van der Waals surface area (Å²) in [6.45, 7) is 10.3. The molecule has 1 aromatic heterocycles. The molecule has 0 aliphatic carbocycles. The van der Waals surface area contributed by atoms with Crippen LogP contribution < -0.4 is 9.64 Å². The number of aryl methyl sites for hydroxylation is 1. The first-order chi connectivity index (χ1) is 15.3. The molecule has 1 aromatic carbocycles. The Kier molecular flexibility index (Phi) is 8.17. The molecule has 0 saturated carbocycles. The number of pyridine rings is 1. The first-order valence-corrected chi connectivity index (χ1v) is 11.6. The number of nitrogens with zero attached hydrogens (tertiary/aromatic N) is 4. The second-order valence-corrected chi connectivity index (χ2v) is 8.46. The summed E-state index contributed by atoms with van der Waals surface area (Å²) in [5.74, 6) is 0.644. The molecule has 166 valence electrons. The van der Waals surface area contributed by atoms with E-state index in [1.807, 2.05) is 18.3 Å². The SMILES string of the molecule is Cc1cccc(C=NSc2cc(N3CCOCC3)cc(OCCN3CCOCC3)n2)c1. The van der Waals surface area contributed by atoms with Crippen LogP contribution in [-0.2, 0) is 9.47 Å². The van der Waals surface area contributed by atoms with Crippen molar-refractivity contribution in [3.63, 3.8) is 0 Å². The number of morpholine rings is 2. The summed E-state index contributed by atoms with van der Waals surface area (Å²) >= 11 is 1.37. The van der Waals surface area contributed by atoms with E-state index in [1.165, 1.54) is 17.5 Å². The lowest BCUT2D eigenvalue weighted by atomic mass is 10.2. The van der Waals surface area contributed by atoms with Crippen LogP contribution in [0.1, 0.15) is 11.1 Å². The molecule has 0 radical (unpaired) electrons. The lowest BCUT2D eigenvalue weighted by Gasteiger charge is -2.29. The predicted octanol–water partition coefficient (Wildman–Crippen LogP) is 3.06. The number of aromatic nitrogens is 1. The molecule has 3 heterocycles. The Bertz CT molecular complexity index is 868. The summed E-state index contributed by atoms with van der Waals surface area (Å²) in [6.07, 6.45) is 1.87. The molecule has 7 nitrogen and oxygen atoms in total. The van der Waals surface area contributed by atoms with E-state index in [0.29, 0.717) is 12.5 Å². The molecule has 0 bridgehead atoms. The molecule has 0 atom stereocenters. The van der Waals surface area contributed by atoms with E-state index in [0.717, 1.165) is 75.4 Å². The van der Waals surface area contributed by atoms with Gasteiger partial charge in [0.05, 0.1) is 26.4 Å². The fraction of sp³-hybridized carbons (Fsp3) is 0.478. The van der Waals surface area contributed by atoms with Crippen LogP contribution in [0.3, 0.4) is 0 Å². The van der Waals surface area contributed by atoms with Crippen LogP contribution in [0.25, 0.3) is 0 Å². The fourth-order valence-electron chi connectivity index (χ4n) is 3.59. The standard InChI is InChI=1S/C23H30N4O3S/c1-19-3-2-4-20(15-19)18-24-31-23-17-21(27-8-12-29-13-9-27)16-22(25-23)30-14-7-26-5-10-28-11-6-26/h2-4,15-18H,5-14H2,1H3. The molecule has 0 spiro atoms. The lowest BCUT2D eigenvalue weighted by Crippen LogP contribution is -2.38. The van der Waals surface area contributed by atoms with Crippen LogP contribution in [0.5, 0.6) is 5.88 Å². The van der Waals surface area contributed by atoms with Crippen molar-refractivity contribution in [2.75, 3.05) is 70.7 Å². The van der Waals surface area contributed by atoms with Crippen LogP contribution in [0, 0.1) is 6.92 Å². The third-order valence-corrected chi connectivity index (χ3v) is 5.90.